The van der Waals surface area contributed by atoms with E-state index in [4.69, 9.17) is 0 Å². The predicted molar refractivity (Wildman–Crippen MR) is 82.7 cm³/mol. The number of rotatable bonds is 3. The van der Waals surface area contributed by atoms with Gasteiger partial charge in [-0.05, 0) is 48.4 Å². The molecule has 0 aliphatic rings. The Kier molecular flexibility index (Phi) is 5.29. The lowest BCUT2D eigenvalue weighted by Crippen LogP contribution is -1.85. The van der Waals surface area contributed by atoms with Gasteiger partial charge in [0.2, 0.25) is 0 Å². The van der Waals surface area contributed by atoms with Crippen molar-refractivity contribution in [3.63, 3.8) is 0 Å². The summed E-state index contributed by atoms with van der Waals surface area (Å²) in [4.78, 5) is 0. The van der Waals surface area contributed by atoms with Gasteiger partial charge >= 0.3 is 0 Å². The molecular weight excluding hydrogens is 266 g/mol. The van der Waals surface area contributed by atoms with Crippen LogP contribution in [-0.4, -0.2) is 0 Å². The minimum atomic E-state index is -0.344. The van der Waals surface area contributed by atoms with E-state index in [9.17, 15) is 8.78 Å². The summed E-state index contributed by atoms with van der Waals surface area (Å²) in [6.45, 7) is 2.10. The molecule has 0 bridgehead atoms. The van der Waals surface area contributed by atoms with Crippen LogP contribution in [-0.2, 0) is 0 Å². The van der Waals surface area contributed by atoms with Crippen molar-refractivity contribution in [2.45, 2.75) is 19.8 Å². The molecule has 0 spiro atoms. The van der Waals surface area contributed by atoms with E-state index < -0.39 is 0 Å². The molecule has 0 radical (unpaired) electrons. The molecule has 0 amide bonds. The average molecular weight is 282 g/mol. The van der Waals surface area contributed by atoms with Crippen LogP contribution in [0.25, 0.3) is 6.08 Å². The van der Waals surface area contributed by atoms with Crippen molar-refractivity contribution in [1.29, 1.82) is 0 Å². The molecule has 2 aromatic carbocycles. The van der Waals surface area contributed by atoms with Crippen LogP contribution in [0.15, 0.2) is 48.5 Å². The third-order valence-corrected chi connectivity index (χ3v) is 2.94. The Balaban J connectivity index is 2.16. The molecule has 0 aliphatic heterocycles. The number of allylic oxidation sites excluding steroid dienone is 1. The zero-order valence-electron chi connectivity index (χ0n) is 11.9. The molecule has 21 heavy (non-hydrogen) atoms. The van der Waals surface area contributed by atoms with Gasteiger partial charge in [0.05, 0.1) is 5.56 Å². The van der Waals surface area contributed by atoms with Crippen molar-refractivity contribution >= 4 is 6.08 Å². The molecular formula is C19H16F2. The zero-order valence-corrected chi connectivity index (χ0v) is 11.9. The van der Waals surface area contributed by atoms with E-state index in [2.05, 4.69) is 18.8 Å². The van der Waals surface area contributed by atoms with E-state index >= 15 is 0 Å². The third-order valence-electron chi connectivity index (χ3n) is 2.94. The van der Waals surface area contributed by atoms with Gasteiger partial charge in [0, 0.05) is 5.56 Å². The van der Waals surface area contributed by atoms with Crippen LogP contribution in [0, 0.1) is 23.5 Å². The summed E-state index contributed by atoms with van der Waals surface area (Å²) in [5, 5.41) is 0. The van der Waals surface area contributed by atoms with Gasteiger partial charge in [0.1, 0.15) is 11.6 Å². The monoisotopic (exact) mass is 282 g/mol. The Morgan fingerprint density at radius 1 is 1.00 bits per heavy atom. The molecule has 0 saturated heterocycles. The first kappa shape index (κ1) is 15.0. The molecule has 106 valence electrons. The van der Waals surface area contributed by atoms with Gasteiger partial charge in [-0.1, -0.05) is 43.4 Å². The lowest BCUT2D eigenvalue weighted by molar-refractivity contribution is 0.624. The normalized spacial score (nSPS) is 10.4. The van der Waals surface area contributed by atoms with Gasteiger partial charge in [-0.2, -0.15) is 0 Å². The van der Waals surface area contributed by atoms with Crippen LogP contribution in [0.4, 0.5) is 8.78 Å². The molecule has 2 heteroatoms. The fourth-order valence-electron chi connectivity index (χ4n) is 1.80. The first-order valence-electron chi connectivity index (χ1n) is 6.92. The number of halogens is 2. The number of unbranched alkanes of at least 4 members (excludes halogenated alkanes) is 1. The largest absolute Gasteiger partial charge is 0.207 e. The molecule has 0 heterocycles. The Hall–Kier alpha value is -2.40. The van der Waals surface area contributed by atoms with Crippen molar-refractivity contribution in [3.8, 4) is 11.8 Å². The van der Waals surface area contributed by atoms with E-state index in [1.807, 2.05) is 18.2 Å². The highest BCUT2D eigenvalue weighted by atomic mass is 19.1. The molecule has 2 rings (SSSR count). The Morgan fingerprint density at radius 2 is 1.76 bits per heavy atom. The van der Waals surface area contributed by atoms with Crippen molar-refractivity contribution < 1.29 is 8.78 Å². The maximum atomic E-state index is 13.9. The first-order valence-corrected chi connectivity index (χ1v) is 6.92. The summed E-state index contributed by atoms with van der Waals surface area (Å²) in [5.74, 6) is 4.94. The maximum absolute atomic E-state index is 13.9. The Bertz CT molecular complexity index is 686. The summed E-state index contributed by atoms with van der Waals surface area (Å²) in [7, 11) is 0. The maximum Gasteiger partial charge on any atom is 0.139 e. The van der Waals surface area contributed by atoms with Crippen LogP contribution in [0.1, 0.15) is 36.5 Å². The van der Waals surface area contributed by atoms with Crippen molar-refractivity contribution in [2.24, 2.45) is 0 Å². The van der Waals surface area contributed by atoms with Gasteiger partial charge < -0.3 is 0 Å². The molecule has 0 aromatic heterocycles. The van der Waals surface area contributed by atoms with E-state index in [0.717, 1.165) is 18.4 Å². The zero-order chi connectivity index (χ0) is 15.1. The molecule has 2 aromatic rings. The molecule has 0 unspecified atom stereocenters. The second-order valence-electron chi connectivity index (χ2n) is 4.69. The Morgan fingerprint density at radius 3 is 2.43 bits per heavy atom. The molecule has 0 N–H and O–H groups in total. The standard InChI is InChI=1S/C19H16F2/c1-2-3-4-5-16-7-11-17(19(21)14-16)10-6-15-8-12-18(20)13-9-15/h4-5,7-9,11-14H,2-3H2,1H3. The Labute approximate surface area is 124 Å². The van der Waals surface area contributed by atoms with E-state index in [-0.39, 0.29) is 11.6 Å². The highest BCUT2D eigenvalue weighted by Gasteiger charge is 1.99. The second-order valence-corrected chi connectivity index (χ2v) is 4.69. The lowest BCUT2D eigenvalue weighted by Gasteiger charge is -1.97. The second kappa shape index (κ2) is 7.40. The fraction of sp³-hybridized carbons (Fsp3) is 0.158. The van der Waals surface area contributed by atoms with E-state index in [1.54, 1.807) is 18.2 Å². The number of benzene rings is 2. The fourth-order valence-corrected chi connectivity index (χ4v) is 1.80. The third kappa shape index (κ3) is 4.57. The van der Waals surface area contributed by atoms with Crippen LogP contribution in [0.2, 0.25) is 0 Å². The summed E-state index contributed by atoms with van der Waals surface area (Å²) in [6.07, 6.45) is 5.98. The summed E-state index contributed by atoms with van der Waals surface area (Å²) in [6, 6.07) is 10.8. The van der Waals surface area contributed by atoms with Gasteiger partial charge in [-0.3, -0.25) is 0 Å². The lowest BCUT2D eigenvalue weighted by atomic mass is 10.1. The quantitative estimate of drug-likeness (QED) is 0.681. The topological polar surface area (TPSA) is 0 Å². The van der Waals surface area contributed by atoms with Crippen LogP contribution >= 0.6 is 0 Å². The van der Waals surface area contributed by atoms with Crippen molar-refractivity contribution in [2.75, 3.05) is 0 Å². The van der Waals surface area contributed by atoms with Gasteiger partial charge in [0.15, 0.2) is 0 Å². The SMILES string of the molecule is CCCC=Cc1ccc(C#Cc2ccc(F)cc2)c(F)c1. The highest BCUT2D eigenvalue weighted by Crippen LogP contribution is 2.12. The molecule has 0 atom stereocenters. The molecule has 0 saturated carbocycles. The molecule has 0 nitrogen and oxygen atoms in total. The van der Waals surface area contributed by atoms with Crippen molar-refractivity contribution in [3.05, 3.63) is 76.9 Å². The minimum Gasteiger partial charge on any atom is -0.207 e. The predicted octanol–water partition coefficient (Wildman–Crippen LogP) is 5.18. The van der Waals surface area contributed by atoms with Gasteiger partial charge in [0.25, 0.3) is 0 Å². The van der Waals surface area contributed by atoms with Gasteiger partial charge in [-0.15, -0.1) is 0 Å². The van der Waals surface area contributed by atoms with Gasteiger partial charge in [-0.25, -0.2) is 8.78 Å². The highest BCUT2D eigenvalue weighted by molar-refractivity contribution is 5.53. The molecule has 0 aliphatic carbocycles. The minimum absolute atomic E-state index is 0.310. The smallest absolute Gasteiger partial charge is 0.139 e. The van der Waals surface area contributed by atoms with E-state index in [1.165, 1.54) is 18.2 Å². The van der Waals surface area contributed by atoms with Crippen LogP contribution in [0.3, 0.4) is 0 Å². The average Bonchev–Trinajstić information content (AvgIpc) is 2.48. The van der Waals surface area contributed by atoms with Crippen molar-refractivity contribution in [1.82, 2.24) is 0 Å². The summed E-state index contributed by atoms with van der Waals surface area (Å²) in [5.41, 5.74) is 1.82. The van der Waals surface area contributed by atoms with Crippen LogP contribution < -0.4 is 0 Å². The summed E-state index contributed by atoms with van der Waals surface area (Å²) >= 11 is 0. The first-order chi connectivity index (χ1) is 10.2. The molecule has 0 fully saturated rings. The van der Waals surface area contributed by atoms with Crippen LogP contribution in [0.5, 0.6) is 0 Å². The number of hydrogen-bond acceptors (Lipinski definition) is 0. The van der Waals surface area contributed by atoms with E-state index in [0.29, 0.717) is 11.1 Å². The summed E-state index contributed by atoms with van der Waals surface area (Å²) < 4.78 is 26.7. The number of hydrogen-bond donors (Lipinski definition) is 0.